The highest BCUT2D eigenvalue weighted by Gasteiger charge is 2.07. The van der Waals surface area contributed by atoms with Crippen LogP contribution in [0.2, 0.25) is 0 Å². The Bertz CT molecular complexity index is 460. The zero-order valence-electron chi connectivity index (χ0n) is 9.79. The Balaban J connectivity index is 2.87. The van der Waals surface area contributed by atoms with Crippen molar-refractivity contribution in [2.24, 2.45) is 0 Å². The first-order chi connectivity index (χ1) is 8.21. The Labute approximate surface area is 102 Å². The summed E-state index contributed by atoms with van der Waals surface area (Å²) in [5, 5.41) is 2.80. The van der Waals surface area contributed by atoms with Gasteiger partial charge in [-0.05, 0) is 18.6 Å². The fourth-order valence-electron chi connectivity index (χ4n) is 1.29. The molecule has 86 valence electrons. The van der Waals surface area contributed by atoms with Gasteiger partial charge in [0.1, 0.15) is 11.4 Å². The standard InChI is InChI=1S/C14H14N2O/c1-4-7-8-15-14(17)11-9-12(5-2)16-13(6-3)10-11/h2-3,9-10H,4,7-8H2,1H3,(H,15,17). The maximum atomic E-state index is 11.8. The molecule has 1 N–H and O–H groups in total. The van der Waals surface area contributed by atoms with E-state index in [1.807, 2.05) is 0 Å². The summed E-state index contributed by atoms with van der Waals surface area (Å²) in [6.45, 7) is 2.71. The van der Waals surface area contributed by atoms with E-state index in [1.165, 1.54) is 0 Å². The second kappa shape index (κ2) is 6.35. The topological polar surface area (TPSA) is 42.0 Å². The predicted molar refractivity (Wildman–Crippen MR) is 67.3 cm³/mol. The molecule has 0 aliphatic heterocycles. The van der Waals surface area contributed by atoms with Crippen LogP contribution in [-0.2, 0) is 0 Å². The van der Waals surface area contributed by atoms with Gasteiger partial charge in [-0.15, -0.1) is 12.8 Å². The molecule has 17 heavy (non-hydrogen) atoms. The third-order valence-corrected chi connectivity index (χ3v) is 2.20. The second-order valence-electron chi connectivity index (χ2n) is 3.52. The number of carbonyl (C=O) groups is 1. The Morgan fingerprint density at radius 1 is 1.35 bits per heavy atom. The quantitative estimate of drug-likeness (QED) is 0.625. The number of unbranched alkanes of at least 4 members (excludes halogenated alkanes) is 1. The minimum atomic E-state index is -0.172. The van der Waals surface area contributed by atoms with E-state index in [4.69, 9.17) is 12.8 Å². The van der Waals surface area contributed by atoms with Gasteiger partial charge in [-0.1, -0.05) is 25.2 Å². The van der Waals surface area contributed by atoms with E-state index in [9.17, 15) is 4.79 Å². The molecule has 0 aliphatic carbocycles. The van der Waals surface area contributed by atoms with Gasteiger partial charge in [-0.2, -0.15) is 0 Å². The summed E-state index contributed by atoms with van der Waals surface area (Å²) in [6.07, 6.45) is 12.5. The van der Waals surface area contributed by atoms with Gasteiger partial charge in [-0.3, -0.25) is 4.79 Å². The number of nitrogens with one attached hydrogen (secondary N) is 1. The minimum Gasteiger partial charge on any atom is -0.352 e. The van der Waals surface area contributed by atoms with Gasteiger partial charge in [0.25, 0.3) is 5.91 Å². The molecule has 1 amide bonds. The summed E-state index contributed by atoms with van der Waals surface area (Å²) in [4.78, 5) is 15.8. The number of aromatic nitrogens is 1. The van der Waals surface area contributed by atoms with Crippen LogP contribution >= 0.6 is 0 Å². The molecule has 0 aliphatic rings. The van der Waals surface area contributed by atoms with Crippen LogP contribution in [0.1, 0.15) is 41.5 Å². The third kappa shape index (κ3) is 3.66. The highest BCUT2D eigenvalue weighted by Crippen LogP contribution is 2.05. The number of hydrogen-bond acceptors (Lipinski definition) is 2. The molecule has 0 aromatic carbocycles. The van der Waals surface area contributed by atoms with Crippen LogP contribution in [-0.4, -0.2) is 17.4 Å². The zero-order chi connectivity index (χ0) is 12.7. The molecular weight excluding hydrogens is 212 g/mol. The maximum absolute atomic E-state index is 11.8. The molecule has 1 aromatic rings. The van der Waals surface area contributed by atoms with Gasteiger partial charge >= 0.3 is 0 Å². The van der Waals surface area contributed by atoms with Crippen molar-refractivity contribution in [3.63, 3.8) is 0 Å². The van der Waals surface area contributed by atoms with Gasteiger partial charge in [0.15, 0.2) is 0 Å². The third-order valence-electron chi connectivity index (χ3n) is 2.20. The van der Waals surface area contributed by atoms with Crippen molar-refractivity contribution in [2.45, 2.75) is 19.8 Å². The smallest absolute Gasteiger partial charge is 0.251 e. The molecule has 0 fully saturated rings. The van der Waals surface area contributed by atoms with Crippen LogP contribution in [0.25, 0.3) is 0 Å². The number of carbonyl (C=O) groups excluding carboxylic acids is 1. The minimum absolute atomic E-state index is 0.172. The van der Waals surface area contributed by atoms with E-state index in [0.717, 1.165) is 12.8 Å². The molecule has 1 rings (SSSR count). The van der Waals surface area contributed by atoms with Gasteiger partial charge in [0.05, 0.1) is 0 Å². The van der Waals surface area contributed by atoms with Crippen LogP contribution in [0.5, 0.6) is 0 Å². The highest BCUT2D eigenvalue weighted by atomic mass is 16.1. The summed E-state index contributed by atoms with van der Waals surface area (Å²) in [6, 6.07) is 3.12. The van der Waals surface area contributed by atoms with Crippen molar-refractivity contribution in [2.75, 3.05) is 6.54 Å². The lowest BCUT2D eigenvalue weighted by molar-refractivity contribution is 0.0953. The van der Waals surface area contributed by atoms with Crippen molar-refractivity contribution in [1.29, 1.82) is 0 Å². The Morgan fingerprint density at radius 3 is 2.41 bits per heavy atom. The van der Waals surface area contributed by atoms with Crippen molar-refractivity contribution in [3.8, 4) is 24.7 Å². The number of nitrogens with zero attached hydrogens (tertiary/aromatic N) is 1. The highest BCUT2D eigenvalue weighted by molar-refractivity contribution is 5.94. The zero-order valence-corrected chi connectivity index (χ0v) is 9.79. The molecule has 0 bridgehead atoms. The molecule has 0 unspecified atom stereocenters. The molecule has 3 nitrogen and oxygen atoms in total. The van der Waals surface area contributed by atoms with Crippen molar-refractivity contribution in [3.05, 3.63) is 29.1 Å². The van der Waals surface area contributed by atoms with E-state index < -0.39 is 0 Å². The monoisotopic (exact) mass is 226 g/mol. The van der Waals surface area contributed by atoms with Crippen LogP contribution in [0.4, 0.5) is 0 Å². The van der Waals surface area contributed by atoms with Gasteiger partial charge in [-0.25, -0.2) is 4.98 Å². The molecule has 0 spiro atoms. The average Bonchev–Trinajstić information content (AvgIpc) is 2.38. The fraction of sp³-hybridized carbons (Fsp3) is 0.286. The number of rotatable bonds is 4. The molecular formula is C14H14N2O. The number of pyridine rings is 1. The summed E-state index contributed by atoms with van der Waals surface area (Å²) in [5.74, 6) is 4.58. The van der Waals surface area contributed by atoms with E-state index in [-0.39, 0.29) is 5.91 Å². The lowest BCUT2D eigenvalue weighted by atomic mass is 10.1. The summed E-state index contributed by atoms with van der Waals surface area (Å²) in [7, 11) is 0. The Kier molecular flexibility index (Phi) is 4.78. The first-order valence-electron chi connectivity index (χ1n) is 5.44. The Hall–Kier alpha value is -2.26. The number of hydrogen-bond donors (Lipinski definition) is 1. The molecule has 0 saturated heterocycles. The fourth-order valence-corrected chi connectivity index (χ4v) is 1.29. The lowest BCUT2D eigenvalue weighted by Gasteiger charge is -2.05. The first kappa shape index (κ1) is 12.8. The first-order valence-corrected chi connectivity index (χ1v) is 5.44. The van der Waals surface area contributed by atoms with Crippen LogP contribution in [0, 0.1) is 24.7 Å². The van der Waals surface area contributed by atoms with Gasteiger partial charge < -0.3 is 5.32 Å². The maximum Gasteiger partial charge on any atom is 0.251 e. The second-order valence-corrected chi connectivity index (χ2v) is 3.52. The average molecular weight is 226 g/mol. The normalized spacial score (nSPS) is 9.12. The SMILES string of the molecule is C#Cc1cc(C(=O)NCCCC)cc(C#C)n1. The molecule has 1 heterocycles. The molecule has 1 aromatic heterocycles. The van der Waals surface area contributed by atoms with E-state index in [1.54, 1.807) is 12.1 Å². The van der Waals surface area contributed by atoms with Gasteiger partial charge in [0.2, 0.25) is 0 Å². The van der Waals surface area contributed by atoms with Crippen LogP contribution in [0.3, 0.4) is 0 Å². The largest absolute Gasteiger partial charge is 0.352 e. The van der Waals surface area contributed by atoms with Gasteiger partial charge in [0, 0.05) is 12.1 Å². The predicted octanol–water partition coefficient (Wildman–Crippen LogP) is 1.57. The molecule has 0 radical (unpaired) electrons. The Morgan fingerprint density at radius 2 is 1.94 bits per heavy atom. The summed E-state index contributed by atoms with van der Waals surface area (Å²) >= 11 is 0. The summed E-state index contributed by atoms with van der Waals surface area (Å²) < 4.78 is 0. The molecule has 0 saturated carbocycles. The van der Waals surface area contributed by atoms with Crippen LogP contribution < -0.4 is 5.32 Å². The van der Waals surface area contributed by atoms with Crippen molar-refractivity contribution < 1.29 is 4.79 Å². The van der Waals surface area contributed by atoms with Crippen molar-refractivity contribution in [1.82, 2.24) is 10.3 Å². The molecule has 3 heteroatoms. The summed E-state index contributed by atoms with van der Waals surface area (Å²) in [5.41, 5.74) is 1.21. The number of terminal acetylenes is 2. The van der Waals surface area contributed by atoms with E-state index in [0.29, 0.717) is 23.5 Å². The molecule has 0 atom stereocenters. The lowest BCUT2D eigenvalue weighted by Crippen LogP contribution is -2.24. The number of amides is 1. The van der Waals surface area contributed by atoms with E-state index in [2.05, 4.69) is 29.1 Å². The van der Waals surface area contributed by atoms with Crippen molar-refractivity contribution >= 4 is 5.91 Å². The van der Waals surface area contributed by atoms with Crippen LogP contribution in [0.15, 0.2) is 12.1 Å². The van der Waals surface area contributed by atoms with E-state index >= 15 is 0 Å².